The van der Waals surface area contributed by atoms with Gasteiger partial charge < -0.3 is 20.3 Å². The largest absolute Gasteiger partial charge is 0.375 e. The SMILES string of the molecule is CN=C(NCc1ccnc(N2CCOC(C)C2)c1)NC1CC(C)N(Cc2ccccc2)C1.I. The van der Waals surface area contributed by atoms with Crippen LogP contribution in [0.3, 0.4) is 0 Å². The number of hydrogen-bond acceptors (Lipinski definition) is 5. The summed E-state index contributed by atoms with van der Waals surface area (Å²) in [5.74, 6) is 1.87. The van der Waals surface area contributed by atoms with Gasteiger partial charge in [0.2, 0.25) is 0 Å². The first kappa shape index (κ1) is 25.7. The standard InChI is InChI=1S/C25H36N6O.HI/c1-19-13-23(18-31(19)17-21-7-5-4-6-8-21)29-25(26-3)28-15-22-9-10-27-24(14-22)30-11-12-32-20(2)16-30;/h4-10,14,19-20,23H,11-13,15-18H2,1-3H3,(H2,26,28,29);1H. The van der Waals surface area contributed by atoms with Crippen molar-refractivity contribution in [1.82, 2.24) is 20.5 Å². The summed E-state index contributed by atoms with van der Waals surface area (Å²) in [6.45, 7) is 9.67. The fourth-order valence-electron chi connectivity index (χ4n) is 4.59. The number of pyridine rings is 1. The topological polar surface area (TPSA) is 65.0 Å². The first-order valence-corrected chi connectivity index (χ1v) is 11.7. The van der Waals surface area contributed by atoms with Gasteiger partial charge in [-0.2, -0.15) is 0 Å². The summed E-state index contributed by atoms with van der Waals surface area (Å²) in [6, 6.07) is 15.9. The van der Waals surface area contributed by atoms with Crippen LogP contribution in [0.4, 0.5) is 5.82 Å². The summed E-state index contributed by atoms with van der Waals surface area (Å²) < 4.78 is 5.66. The molecule has 0 saturated carbocycles. The van der Waals surface area contributed by atoms with Crippen LogP contribution in [-0.4, -0.2) is 67.3 Å². The van der Waals surface area contributed by atoms with Crippen molar-refractivity contribution in [2.24, 2.45) is 4.99 Å². The van der Waals surface area contributed by atoms with E-state index in [1.54, 1.807) is 0 Å². The number of nitrogens with zero attached hydrogens (tertiary/aromatic N) is 4. The van der Waals surface area contributed by atoms with Crippen LogP contribution in [0.5, 0.6) is 0 Å². The number of rotatable bonds is 6. The van der Waals surface area contributed by atoms with Crippen molar-refractivity contribution >= 4 is 35.8 Å². The Hall–Kier alpha value is -1.91. The van der Waals surface area contributed by atoms with Gasteiger partial charge in [0, 0.05) is 58.1 Å². The number of halogens is 1. The van der Waals surface area contributed by atoms with Gasteiger partial charge in [0.25, 0.3) is 0 Å². The predicted octanol–water partition coefficient (Wildman–Crippen LogP) is 3.25. The molecule has 0 aliphatic carbocycles. The maximum absolute atomic E-state index is 5.66. The third kappa shape index (κ3) is 7.28. The molecule has 2 fully saturated rings. The smallest absolute Gasteiger partial charge is 0.191 e. The third-order valence-electron chi connectivity index (χ3n) is 6.33. The van der Waals surface area contributed by atoms with E-state index >= 15 is 0 Å². The van der Waals surface area contributed by atoms with Crippen molar-refractivity contribution in [2.45, 2.75) is 51.5 Å². The van der Waals surface area contributed by atoms with E-state index < -0.39 is 0 Å². The average molecular weight is 565 g/mol. The molecule has 2 aliphatic rings. The number of hydrogen-bond donors (Lipinski definition) is 2. The minimum absolute atomic E-state index is 0. The maximum atomic E-state index is 5.66. The maximum Gasteiger partial charge on any atom is 0.191 e. The molecule has 8 heteroatoms. The molecule has 3 atom stereocenters. The summed E-state index contributed by atoms with van der Waals surface area (Å²) in [5.41, 5.74) is 2.56. The highest BCUT2D eigenvalue weighted by atomic mass is 127. The number of aromatic nitrogens is 1. The van der Waals surface area contributed by atoms with Gasteiger partial charge in [-0.3, -0.25) is 9.89 Å². The van der Waals surface area contributed by atoms with Gasteiger partial charge in [-0.05, 0) is 43.5 Å². The molecule has 0 amide bonds. The Kier molecular flexibility index (Phi) is 9.76. The fourth-order valence-corrected chi connectivity index (χ4v) is 4.59. The van der Waals surface area contributed by atoms with Crippen LogP contribution < -0.4 is 15.5 Å². The second-order valence-electron chi connectivity index (χ2n) is 8.92. The second-order valence-corrected chi connectivity index (χ2v) is 8.92. The van der Waals surface area contributed by atoms with Crippen molar-refractivity contribution in [3.05, 3.63) is 59.8 Å². The van der Waals surface area contributed by atoms with E-state index in [-0.39, 0.29) is 30.1 Å². The number of guanidine groups is 1. The predicted molar refractivity (Wildman–Crippen MR) is 145 cm³/mol. The monoisotopic (exact) mass is 564 g/mol. The van der Waals surface area contributed by atoms with E-state index in [1.165, 1.54) is 11.1 Å². The van der Waals surface area contributed by atoms with Crippen LogP contribution in [0.1, 0.15) is 31.4 Å². The van der Waals surface area contributed by atoms with Crippen molar-refractivity contribution in [3.63, 3.8) is 0 Å². The molecular formula is C25H37IN6O. The average Bonchev–Trinajstić information content (AvgIpc) is 3.16. The van der Waals surface area contributed by atoms with Crippen LogP contribution in [0.2, 0.25) is 0 Å². The molecule has 2 N–H and O–H groups in total. The zero-order valence-corrected chi connectivity index (χ0v) is 22.2. The molecular weight excluding hydrogens is 527 g/mol. The number of likely N-dealkylation sites (tertiary alicyclic amines) is 1. The third-order valence-corrected chi connectivity index (χ3v) is 6.33. The highest BCUT2D eigenvalue weighted by Crippen LogP contribution is 2.20. The minimum atomic E-state index is 0. The molecule has 1 aromatic carbocycles. The minimum Gasteiger partial charge on any atom is -0.375 e. The number of nitrogens with one attached hydrogen (secondary N) is 2. The zero-order valence-electron chi connectivity index (χ0n) is 19.9. The van der Waals surface area contributed by atoms with Gasteiger partial charge in [-0.1, -0.05) is 30.3 Å². The summed E-state index contributed by atoms with van der Waals surface area (Å²) in [7, 11) is 1.84. The highest BCUT2D eigenvalue weighted by molar-refractivity contribution is 14.0. The molecule has 0 bridgehead atoms. The Morgan fingerprint density at radius 3 is 2.73 bits per heavy atom. The van der Waals surface area contributed by atoms with Crippen LogP contribution in [0, 0.1) is 0 Å². The normalized spacial score (nSPS) is 23.8. The molecule has 2 aliphatic heterocycles. The first-order valence-electron chi connectivity index (χ1n) is 11.7. The van der Waals surface area contributed by atoms with E-state index in [0.29, 0.717) is 18.6 Å². The van der Waals surface area contributed by atoms with Gasteiger partial charge in [0.05, 0.1) is 12.7 Å². The van der Waals surface area contributed by atoms with Crippen molar-refractivity contribution in [1.29, 1.82) is 0 Å². The summed E-state index contributed by atoms with van der Waals surface area (Å²) in [5, 5.41) is 7.10. The fraction of sp³-hybridized carbons (Fsp3) is 0.520. The van der Waals surface area contributed by atoms with Crippen molar-refractivity contribution in [3.8, 4) is 0 Å². The van der Waals surface area contributed by atoms with Gasteiger partial charge in [0.15, 0.2) is 5.96 Å². The summed E-state index contributed by atoms with van der Waals surface area (Å²) in [6.07, 6.45) is 3.25. The van der Waals surface area contributed by atoms with Crippen LogP contribution in [-0.2, 0) is 17.8 Å². The molecule has 180 valence electrons. The van der Waals surface area contributed by atoms with E-state index in [1.807, 2.05) is 13.2 Å². The lowest BCUT2D eigenvalue weighted by atomic mass is 10.2. The van der Waals surface area contributed by atoms with Gasteiger partial charge >= 0.3 is 0 Å². The van der Waals surface area contributed by atoms with E-state index in [2.05, 4.69) is 86.7 Å². The van der Waals surface area contributed by atoms with Crippen LogP contribution in [0.25, 0.3) is 0 Å². The van der Waals surface area contributed by atoms with Crippen molar-refractivity contribution in [2.75, 3.05) is 38.2 Å². The number of ether oxygens (including phenoxy) is 1. The summed E-state index contributed by atoms with van der Waals surface area (Å²) >= 11 is 0. The van der Waals surface area contributed by atoms with Gasteiger partial charge in [-0.25, -0.2) is 4.98 Å². The van der Waals surface area contributed by atoms with Gasteiger partial charge in [-0.15, -0.1) is 24.0 Å². The molecule has 2 saturated heterocycles. The zero-order chi connectivity index (χ0) is 22.3. The molecule has 7 nitrogen and oxygen atoms in total. The molecule has 3 heterocycles. The quantitative estimate of drug-likeness (QED) is 0.319. The molecule has 1 aromatic heterocycles. The van der Waals surface area contributed by atoms with Crippen LogP contribution in [0.15, 0.2) is 53.7 Å². The molecule has 0 radical (unpaired) electrons. The number of benzene rings is 1. The Morgan fingerprint density at radius 2 is 1.97 bits per heavy atom. The second kappa shape index (κ2) is 12.5. The number of aliphatic imine (C=N–C) groups is 1. The first-order chi connectivity index (χ1) is 15.6. The lowest BCUT2D eigenvalue weighted by molar-refractivity contribution is 0.0529. The van der Waals surface area contributed by atoms with E-state index in [4.69, 9.17) is 4.74 Å². The molecule has 0 spiro atoms. The number of anilines is 1. The Balaban J connectivity index is 0.00000306. The molecule has 4 rings (SSSR count). The van der Waals surface area contributed by atoms with Gasteiger partial charge in [0.1, 0.15) is 5.82 Å². The highest BCUT2D eigenvalue weighted by Gasteiger charge is 2.29. The van der Waals surface area contributed by atoms with Crippen molar-refractivity contribution < 1.29 is 4.74 Å². The Labute approximate surface area is 215 Å². The lowest BCUT2D eigenvalue weighted by Gasteiger charge is -2.32. The van der Waals surface area contributed by atoms with Crippen LogP contribution >= 0.6 is 24.0 Å². The molecule has 3 unspecified atom stereocenters. The lowest BCUT2D eigenvalue weighted by Crippen LogP contribution is -2.44. The number of morpholine rings is 1. The Morgan fingerprint density at radius 1 is 1.15 bits per heavy atom. The summed E-state index contributed by atoms with van der Waals surface area (Å²) in [4.78, 5) is 13.9. The molecule has 2 aromatic rings. The van der Waals surface area contributed by atoms with E-state index in [9.17, 15) is 0 Å². The Bertz CT molecular complexity index is 895. The van der Waals surface area contributed by atoms with E-state index in [0.717, 1.165) is 51.0 Å². The molecule has 33 heavy (non-hydrogen) atoms.